The molecule has 1 aliphatic heterocycles. The van der Waals surface area contributed by atoms with Crippen molar-refractivity contribution < 1.29 is 14.7 Å². The Morgan fingerprint density at radius 2 is 1.91 bits per heavy atom. The number of hydrogen-bond acceptors (Lipinski definition) is 4. The normalized spacial score (nSPS) is 15.6. The van der Waals surface area contributed by atoms with Gasteiger partial charge >= 0.3 is 5.97 Å². The Balaban J connectivity index is 2.19. The lowest BCUT2D eigenvalue weighted by molar-refractivity contribution is -0.116. The summed E-state index contributed by atoms with van der Waals surface area (Å²) in [4.78, 5) is 27.6. The zero-order chi connectivity index (χ0) is 16.1. The lowest BCUT2D eigenvalue weighted by Gasteiger charge is -2.34. The van der Waals surface area contributed by atoms with Gasteiger partial charge in [-0.1, -0.05) is 6.92 Å². The summed E-state index contributed by atoms with van der Waals surface area (Å²) in [7, 11) is 2.08. The first-order valence-corrected chi connectivity index (χ1v) is 7.62. The maximum Gasteiger partial charge on any atom is 0.337 e. The summed E-state index contributed by atoms with van der Waals surface area (Å²) in [5.74, 6) is -1.18. The van der Waals surface area contributed by atoms with Crippen LogP contribution < -0.4 is 10.2 Å². The fourth-order valence-electron chi connectivity index (χ4n) is 2.52. The number of rotatable bonds is 5. The van der Waals surface area contributed by atoms with Gasteiger partial charge in [-0.2, -0.15) is 0 Å². The molecule has 1 heterocycles. The van der Waals surface area contributed by atoms with Crippen molar-refractivity contribution in [2.75, 3.05) is 43.4 Å². The number of amides is 1. The summed E-state index contributed by atoms with van der Waals surface area (Å²) in [6, 6.07) is 5.21. The summed E-state index contributed by atoms with van der Waals surface area (Å²) in [5.41, 5.74) is 1.39. The van der Waals surface area contributed by atoms with Gasteiger partial charge in [0.1, 0.15) is 0 Å². The maximum absolute atomic E-state index is 11.7. The highest BCUT2D eigenvalue weighted by Crippen LogP contribution is 2.24. The molecule has 1 amide bonds. The first-order chi connectivity index (χ1) is 10.5. The molecule has 0 bridgehead atoms. The molecule has 120 valence electrons. The van der Waals surface area contributed by atoms with Gasteiger partial charge in [0.25, 0.3) is 0 Å². The van der Waals surface area contributed by atoms with Gasteiger partial charge in [0.15, 0.2) is 0 Å². The van der Waals surface area contributed by atoms with Gasteiger partial charge in [-0.25, -0.2) is 4.79 Å². The van der Waals surface area contributed by atoms with E-state index in [0.717, 1.165) is 38.3 Å². The van der Waals surface area contributed by atoms with E-state index in [1.807, 2.05) is 13.0 Å². The molecule has 6 heteroatoms. The van der Waals surface area contributed by atoms with E-state index < -0.39 is 5.97 Å². The van der Waals surface area contributed by atoms with E-state index in [1.54, 1.807) is 12.1 Å². The minimum absolute atomic E-state index is 0.140. The highest BCUT2D eigenvalue weighted by molar-refractivity contribution is 6.01. The molecular formula is C16H23N3O3. The Bertz CT molecular complexity index is 552. The molecule has 0 radical (unpaired) electrons. The van der Waals surface area contributed by atoms with Crippen molar-refractivity contribution >= 4 is 23.3 Å². The predicted molar refractivity (Wildman–Crippen MR) is 86.6 cm³/mol. The number of carbonyl (C=O) groups is 2. The van der Waals surface area contributed by atoms with Crippen molar-refractivity contribution in [1.29, 1.82) is 0 Å². The monoisotopic (exact) mass is 305 g/mol. The summed E-state index contributed by atoms with van der Waals surface area (Å²) in [5, 5.41) is 12.1. The second-order valence-corrected chi connectivity index (χ2v) is 5.62. The molecule has 0 aromatic heterocycles. The number of carboxylic acid groups (broad SMARTS) is 1. The Morgan fingerprint density at radius 3 is 2.50 bits per heavy atom. The molecule has 2 rings (SSSR count). The molecule has 1 fully saturated rings. The summed E-state index contributed by atoms with van der Waals surface area (Å²) < 4.78 is 0. The minimum atomic E-state index is -1.03. The summed E-state index contributed by atoms with van der Waals surface area (Å²) in [6.07, 6.45) is 1.12. The second kappa shape index (κ2) is 7.26. The number of carbonyl (C=O) groups excluding carboxylic acids is 1. The highest BCUT2D eigenvalue weighted by Gasteiger charge is 2.18. The number of piperazine rings is 1. The van der Waals surface area contributed by atoms with E-state index in [0.29, 0.717) is 12.1 Å². The van der Waals surface area contributed by atoms with Crippen LogP contribution in [0.4, 0.5) is 11.4 Å². The minimum Gasteiger partial charge on any atom is -0.478 e. The molecule has 2 N–H and O–H groups in total. The number of hydrogen-bond donors (Lipinski definition) is 2. The van der Waals surface area contributed by atoms with Crippen LogP contribution in [0.2, 0.25) is 0 Å². The predicted octanol–water partition coefficient (Wildman–Crippen LogP) is 1.88. The first kappa shape index (κ1) is 16.3. The number of anilines is 2. The van der Waals surface area contributed by atoms with Gasteiger partial charge in [0.2, 0.25) is 5.91 Å². The molecule has 0 unspecified atom stereocenters. The molecule has 1 aromatic carbocycles. The van der Waals surface area contributed by atoms with Gasteiger partial charge in [-0.3, -0.25) is 4.79 Å². The molecular weight excluding hydrogens is 282 g/mol. The fraction of sp³-hybridized carbons (Fsp3) is 0.500. The van der Waals surface area contributed by atoms with Crippen molar-refractivity contribution in [2.24, 2.45) is 0 Å². The van der Waals surface area contributed by atoms with Crippen LogP contribution in [0.5, 0.6) is 0 Å². The van der Waals surface area contributed by atoms with Gasteiger partial charge in [-0.15, -0.1) is 0 Å². The van der Waals surface area contributed by atoms with E-state index in [1.165, 1.54) is 0 Å². The number of carboxylic acids is 1. The Kier molecular flexibility index (Phi) is 5.38. The number of nitrogens with zero attached hydrogens (tertiary/aromatic N) is 2. The molecule has 22 heavy (non-hydrogen) atoms. The number of benzene rings is 1. The fourth-order valence-corrected chi connectivity index (χ4v) is 2.52. The van der Waals surface area contributed by atoms with Gasteiger partial charge in [0.05, 0.1) is 11.3 Å². The molecule has 6 nitrogen and oxygen atoms in total. The number of nitrogens with one attached hydrogen (secondary N) is 1. The van der Waals surface area contributed by atoms with Gasteiger partial charge in [0, 0.05) is 38.3 Å². The maximum atomic E-state index is 11.7. The third-order valence-electron chi connectivity index (χ3n) is 3.85. The van der Waals surface area contributed by atoms with Crippen LogP contribution in [0.15, 0.2) is 18.2 Å². The standard InChI is InChI=1S/C16H23N3O3/c1-3-4-15(20)17-14-6-5-12(11-13(14)16(21)22)19-9-7-18(2)8-10-19/h5-6,11H,3-4,7-10H2,1-2H3,(H,17,20)(H,21,22). The molecule has 1 saturated heterocycles. The van der Waals surface area contributed by atoms with E-state index in [-0.39, 0.29) is 11.5 Å². The Labute approximate surface area is 130 Å². The highest BCUT2D eigenvalue weighted by atomic mass is 16.4. The summed E-state index contributed by atoms with van der Waals surface area (Å²) >= 11 is 0. The van der Waals surface area contributed by atoms with Crippen molar-refractivity contribution in [3.05, 3.63) is 23.8 Å². The van der Waals surface area contributed by atoms with Crippen LogP contribution in [0, 0.1) is 0 Å². The molecule has 1 aliphatic rings. The average Bonchev–Trinajstić information content (AvgIpc) is 2.48. The number of aromatic carboxylic acids is 1. The molecule has 0 spiro atoms. The molecule has 0 saturated carbocycles. The van der Waals surface area contributed by atoms with Crippen molar-refractivity contribution in [3.8, 4) is 0 Å². The largest absolute Gasteiger partial charge is 0.478 e. The second-order valence-electron chi connectivity index (χ2n) is 5.62. The quantitative estimate of drug-likeness (QED) is 0.869. The van der Waals surface area contributed by atoms with Crippen LogP contribution in [0.25, 0.3) is 0 Å². The van der Waals surface area contributed by atoms with E-state index in [9.17, 15) is 14.7 Å². The lowest BCUT2D eigenvalue weighted by atomic mass is 10.1. The van der Waals surface area contributed by atoms with E-state index in [4.69, 9.17) is 0 Å². The molecule has 1 aromatic rings. The van der Waals surface area contributed by atoms with Gasteiger partial charge < -0.3 is 20.2 Å². The SMILES string of the molecule is CCCC(=O)Nc1ccc(N2CCN(C)CC2)cc1C(=O)O. The van der Waals surface area contributed by atoms with Gasteiger partial charge in [-0.05, 0) is 31.7 Å². The summed E-state index contributed by atoms with van der Waals surface area (Å²) in [6.45, 7) is 5.57. The lowest BCUT2D eigenvalue weighted by Crippen LogP contribution is -2.44. The molecule has 0 aliphatic carbocycles. The third-order valence-corrected chi connectivity index (χ3v) is 3.85. The van der Waals surface area contributed by atoms with E-state index in [2.05, 4.69) is 22.2 Å². The number of likely N-dealkylation sites (N-methyl/N-ethyl adjacent to an activating group) is 1. The zero-order valence-corrected chi connectivity index (χ0v) is 13.1. The van der Waals surface area contributed by atoms with Crippen LogP contribution in [-0.2, 0) is 4.79 Å². The van der Waals surface area contributed by atoms with E-state index >= 15 is 0 Å². The van der Waals surface area contributed by atoms with Crippen molar-refractivity contribution in [2.45, 2.75) is 19.8 Å². The smallest absolute Gasteiger partial charge is 0.337 e. The Hall–Kier alpha value is -2.08. The first-order valence-electron chi connectivity index (χ1n) is 7.62. The topological polar surface area (TPSA) is 72.9 Å². The van der Waals surface area contributed by atoms with Crippen LogP contribution in [0.1, 0.15) is 30.1 Å². The van der Waals surface area contributed by atoms with Crippen molar-refractivity contribution in [3.63, 3.8) is 0 Å². The Morgan fingerprint density at radius 1 is 1.23 bits per heavy atom. The van der Waals surface area contributed by atoms with Crippen LogP contribution in [-0.4, -0.2) is 55.1 Å². The van der Waals surface area contributed by atoms with Crippen LogP contribution >= 0.6 is 0 Å². The zero-order valence-electron chi connectivity index (χ0n) is 13.1. The molecule has 0 atom stereocenters. The van der Waals surface area contributed by atoms with Crippen LogP contribution in [0.3, 0.4) is 0 Å². The average molecular weight is 305 g/mol. The van der Waals surface area contributed by atoms with Crippen molar-refractivity contribution in [1.82, 2.24) is 4.90 Å². The third kappa shape index (κ3) is 3.98.